The second-order valence-electron chi connectivity index (χ2n) is 9.14. The van der Waals surface area contributed by atoms with Crippen LogP contribution in [0.4, 0.5) is 5.82 Å². The minimum absolute atomic E-state index is 0.0193. The van der Waals surface area contributed by atoms with Crippen molar-refractivity contribution in [2.45, 2.75) is 84.2 Å². The number of carbonyl (C=O) groups is 3. The molecule has 1 unspecified atom stereocenters. The topological polar surface area (TPSA) is 123 Å². The van der Waals surface area contributed by atoms with Crippen molar-refractivity contribution in [2.75, 3.05) is 11.4 Å². The number of pyridine rings is 1. The zero-order valence-corrected chi connectivity index (χ0v) is 20.7. The van der Waals surface area contributed by atoms with Crippen LogP contribution in [-0.2, 0) is 32.0 Å². The third kappa shape index (κ3) is 7.83. The van der Waals surface area contributed by atoms with Gasteiger partial charge in [-0.1, -0.05) is 12.5 Å². The van der Waals surface area contributed by atoms with Crippen LogP contribution in [0.3, 0.4) is 0 Å². The molecule has 0 bridgehead atoms. The Kier molecular flexibility index (Phi) is 9.28. The van der Waals surface area contributed by atoms with Gasteiger partial charge in [-0.3, -0.25) is 19.3 Å². The summed E-state index contributed by atoms with van der Waals surface area (Å²) in [5, 5.41) is 9.32. The molecule has 3 heterocycles. The van der Waals surface area contributed by atoms with Crippen LogP contribution in [0.25, 0.3) is 0 Å². The molecule has 2 aromatic heterocycles. The summed E-state index contributed by atoms with van der Waals surface area (Å²) in [5.74, 6) is -0.0403. The maximum absolute atomic E-state index is 12.0. The Balaban J connectivity index is 1.61. The van der Waals surface area contributed by atoms with Gasteiger partial charge in [0.05, 0.1) is 6.42 Å². The number of anilines is 1. The number of hydrogen-bond donors (Lipinski definition) is 1. The van der Waals surface area contributed by atoms with Crippen molar-refractivity contribution < 1.29 is 24.2 Å². The van der Waals surface area contributed by atoms with E-state index in [-0.39, 0.29) is 30.3 Å². The molecule has 0 saturated carbocycles. The van der Waals surface area contributed by atoms with E-state index in [2.05, 4.69) is 9.97 Å². The number of rotatable bonds is 11. The number of fused-ring (bicyclic) bond motifs is 1. The summed E-state index contributed by atoms with van der Waals surface area (Å²) in [5.41, 5.74) is 2.66. The number of hydrogen-bond acceptors (Lipinski definition) is 7. The Bertz CT molecular complexity index is 1040. The number of aliphatic carboxylic acids is 1. The van der Waals surface area contributed by atoms with E-state index in [1.807, 2.05) is 12.1 Å². The molecule has 35 heavy (non-hydrogen) atoms. The van der Waals surface area contributed by atoms with Gasteiger partial charge in [0.2, 0.25) is 5.91 Å². The van der Waals surface area contributed by atoms with Crippen LogP contribution < -0.4 is 4.90 Å². The van der Waals surface area contributed by atoms with Crippen molar-refractivity contribution in [3.63, 3.8) is 0 Å². The average Bonchev–Trinajstić information content (AvgIpc) is 2.80. The Hall–Kier alpha value is -3.36. The van der Waals surface area contributed by atoms with Gasteiger partial charge in [0.25, 0.3) is 0 Å². The van der Waals surface area contributed by atoms with E-state index < -0.39 is 5.97 Å². The summed E-state index contributed by atoms with van der Waals surface area (Å²) < 4.78 is 5.57. The molecule has 1 aliphatic heterocycles. The van der Waals surface area contributed by atoms with Gasteiger partial charge >= 0.3 is 11.9 Å². The number of unbranched alkanes of at least 4 members (excludes halogenated alkanes) is 1. The predicted molar refractivity (Wildman–Crippen MR) is 130 cm³/mol. The van der Waals surface area contributed by atoms with Crippen molar-refractivity contribution in [3.05, 3.63) is 47.2 Å². The molecule has 0 aliphatic carbocycles. The fourth-order valence-electron chi connectivity index (χ4n) is 4.54. The van der Waals surface area contributed by atoms with Crippen molar-refractivity contribution in [1.29, 1.82) is 0 Å². The van der Waals surface area contributed by atoms with E-state index in [0.29, 0.717) is 37.4 Å². The third-order valence-corrected chi connectivity index (χ3v) is 6.27. The molecule has 2 aromatic rings. The summed E-state index contributed by atoms with van der Waals surface area (Å²) >= 11 is 0. The normalized spacial score (nSPS) is 14.7. The number of ether oxygens (including phenoxy) is 1. The van der Waals surface area contributed by atoms with Gasteiger partial charge < -0.3 is 9.84 Å². The molecule has 0 aromatic carbocycles. The van der Waals surface area contributed by atoms with Gasteiger partial charge in [-0.05, 0) is 62.1 Å². The molecule has 1 N–H and O–H groups in total. The minimum atomic E-state index is -0.855. The van der Waals surface area contributed by atoms with Gasteiger partial charge in [0.1, 0.15) is 17.7 Å². The minimum Gasteiger partial charge on any atom is -0.481 e. The van der Waals surface area contributed by atoms with E-state index in [0.717, 1.165) is 42.5 Å². The summed E-state index contributed by atoms with van der Waals surface area (Å²) in [6.07, 6.45) is 8.21. The van der Waals surface area contributed by atoms with Crippen molar-refractivity contribution >= 4 is 23.7 Å². The largest absolute Gasteiger partial charge is 0.481 e. The molecule has 9 nitrogen and oxygen atoms in total. The smallest absolute Gasteiger partial charge is 0.303 e. The Morgan fingerprint density at radius 3 is 2.49 bits per heavy atom. The molecular formula is C26H34N4O5. The van der Waals surface area contributed by atoms with Crippen molar-refractivity contribution in [1.82, 2.24) is 15.0 Å². The number of carboxylic acid groups (broad SMARTS) is 1. The highest BCUT2D eigenvalue weighted by molar-refractivity contribution is 5.91. The second kappa shape index (κ2) is 12.4. The number of aromatic nitrogens is 3. The van der Waals surface area contributed by atoms with Gasteiger partial charge in [-0.15, -0.1) is 0 Å². The van der Waals surface area contributed by atoms with E-state index in [1.165, 1.54) is 6.92 Å². The zero-order valence-electron chi connectivity index (χ0n) is 20.7. The zero-order chi connectivity index (χ0) is 25.4. The second-order valence-corrected chi connectivity index (χ2v) is 9.14. The fourth-order valence-corrected chi connectivity index (χ4v) is 4.54. The highest BCUT2D eigenvalue weighted by atomic mass is 16.5. The van der Waals surface area contributed by atoms with Crippen LogP contribution in [0, 0.1) is 6.92 Å². The molecule has 188 valence electrons. The van der Waals surface area contributed by atoms with Crippen LogP contribution in [0.5, 0.6) is 0 Å². The molecule has 0 fully saturated rings. The van der Waals surface area contributed by atoms with Gasteiger partial charge in [0, 0.05) is 44.9 Å². The Labute approximate surface area is 205 Å². The van der Waals surface area contributed by atoms with Gasteiger partial charge in [-0.2, -0.15) is 0 Å². The lowest BCUT2D eigenvalue weighted by atomic mass is 9.91. The van der Waals surface area contributed by atoms with Crippen LogP contribution in [-0.4, -0.2) is 50.6 Å². The SMILES string of the molecule is CC(=O)OC(CCCC[C@@H](CC(=O)O)c1cnc(C)nc1)Cc1ccc2c(n1)N(C(C)=O)CCC2. The number of aryl methyl sites for hydroxylation is 2. The number of nitrogens with zero attached hydrogens (tertiary/aromatic N) is 4. The molecule has 3 rings (SSSR count). The van der Waals surface area contributed by atoms with Crippen LogP contribution in [0.1, 0.15) is 80.9 Å². The summed E-state index contributed by atoms with van der Waals surface area (Å²) in [7, 11) is 0. The number of carbonyl (C=O) groups excluding carboxylic acids is 2. The number of carboxylic acids is 1. The fraction of sp³-hybridized carbons (Fsp3) is 0.538. The molecular weight excluding hydrogens is 448 g/mol. The van der Waals surface area contributed by atoms with E-state index >= 15 is 0 Å². The van der Waals surface area contributed by atoms with Gasteiger partial charge in [-0.25, -0.2) is 15.0 Å². The molecule has 0 radical (unpaired) electrons. The quantitative estimate of drug-likeness (QED) is 0.379. The summed E-state index contributed by atoms with van der Waals surface area (Å²) in [4.78, 5) is 49.9. The standard InChI is InChI=1S/C26H34N4O5/c1-17-27-15-22(16-28-17)21(13-25(33)34)7-4-5-9-24(35-19(3)32)14-23-11-10-20-8-6-12-30(18(2)31)26(20)29-23/h10-11,15-16,21,24H,4-9,12-14H2,1-3H3,(H,33,34)/t21-,24?/m0/s1. The van der Waals surface area contributed by atoms with Crippen LogP contribution in [0.2, 0.25) is 0 Å². The monoisotopic (exact) mass is 482 g/mol. The van der Waals surface area contributed by atoms with Crippen LogP contribution >= 0.6 is 0 Å². The molecule has 2 atom stereocenters. The van der Waals surface area contributed by atoms with E-state index in [9.17, 15) is 19.5 Å². The lowest BCUT2D eigenvalue weighted by Crippen LogP contribution is -2.34. The molecule has 1 amide bonds. The molecule has 0 spiro atoms. The highest BCUT2D eigenvalue weighted by Gasteiger charge is 2.23. The maximum atomic E-state index is 12.0. The van der Waals surface area contributed by atoms with Gasteiger partial charge in [0.15, 0.2) is 0 Å². The van der Waals surface area contributed by atoms with Crippen molar-refractivity contribution in [3.8, 4) is 0 Å². The lowest BCUT2D eigenvalue weighted by molar-refractivity contribution is -0.146. The first-order valence-electron chi connectivity index (χ1n) is 12.2. The summed E-state index contributed by atoms with van der Waals surface area (Å²) in [6.45, 7) is 5.40. The third-order valence-electron chi connectivity index (χ3n) is 6.27. The lowest BCUT2D eigenvalue weighted by Gasteiger charge is -2.28. The molecule has 0 saturated heterocycles. The first-order chi connectivity index (χ1) is 16.7. The maximum Gasteiger partial charge on any atom is 0.303 e. The Morgan fingerprint density at radius 1 is 1.11 bits per heavy atom. The summed E-state index contributed by atoms with van der Waals surface area (Å²) in [6, 6.07) is 3.96. The average molecular weight is 483 g/mol. The first-order valence-corrected chi connectivity index (χ1v) is 12.2. The highest BCUT2D eigenvalue weighted by Crippen LogP contribution is 2.28. The van der Waals surface area contributed by atoms with E-state index in [1.54, 1.807) is 31.1 Å². The number of esters is 1. The molecule has 9 heteroatoms. The number of amides is 1. The Morgan fingerprint density at radius 2 is 1.83 bits per heavy atom. The predicted octanol–water partition coefficient (Wildman–Crippen LogP) is 3.77. The van der Waals surface area contributed by atoms with E-state index in [4.69, 9.17) is 9.72 Å². The first kappa shape index (κ1) is 26.2. The van der Waals surface area contributed by atoms with Crippen molar-refractivity contribution in [2.24, 2.45) is 0 Å². The molecule has 1 aliphatic rings. The van der Waals surface area contributed by atoms with Crippen LogP contribution in [0.15, 0.2) is 24.5 Å².